The van der Waals surface area contributed by atoms with E-state index in [1.54, 1.807) is 23.1 Å². The molecule has 2 saturated heterocycles. The topological polar surface area (TPSA) is 154 Å². The number of hydrogen-bond acceptors (Lipinski definition) is 7. The Bertz CT molecular complexity index is 1430. The standard InChI is InChI=1S/C30H36N6O5/c1-16(2)21-14-18(13-17(3)26(21)31)15-32-30(41)35-11-9-19(10-12-35)33-22-6-4-5-20-25(22)29(40)36(28(20)39)23-7-8-24(37)34-27(23)38/h4-6,13-14,16,19,23,33H,7-12,15,31H2,1-3H3,(H,32,41)(H,34,37,38). The number of nitrogens with one attached hydrogen (secondary N) is 3. The summed E-state index contributed by atoms with van der Waals surface area (Å²) in [5, 5.41) is 8.63. The van der Waals surface area contributed by atoms with Crippen LogP contribution in [0.3, 0.4) is 0 Å². The summed E-state index contributed by atoms with van der Waals surface area (Å²) in [6.45, 7) is 7.64. The first-order valence-electron chi connectivity index (χ1n) is 14.1. The summed E-state index contributed by atoms with van der Waals surface area (Å²) in [6.07, 6.45) is 1.50. The van der Waals surface area contributed by atoms with Crippen LogP contribution in [0.25, 0.3) is 0 Å². The van der Waals surface area contributed by atoms with Gasteiger partial charge >= 0.3 is 6.03 Å². The Morgan fingerprint density at radius 3 is 2.49 bits per heavy atom. The molecule has 0 spiro atoms. The number of rotatable bonds is 6. The Morgan fingerprint density at radius 1 is 1.07 bits per heavy atom. The monoisotopic (exact) mass is 560 g/mol. The maximum absolute atomic E-state index is 13.4. The normalized spacial score (nSPS) is 19.5. The van der Waals surface area contributed by atoms with Crippen LogP contribution in [0.1, 0.15) is 82.9 Å². The first-order valence-corrected chi connectivity index (χ1v) is 14.1. The number of hydrogen-bond donors (Lipinski definition) is 4. The molecular formula is C30H36N6O5. The van der Waals surface area contributed by atoms with Gasteiger partial charge in [-0.25, -0.2) is 4.79 Å². The zero-order chi connectivity index (χ0) is 29.4. The molecule has 6 amide bonds. The number of likely N-dealkylation sites (tertiary alicyclic amines) is 1. The molecule has 11 heteroatoms. The van der Waals surface area contributed by atoms with Crippen molar-refractivity contribution in [3.8, 4) is 0 Å². The summed E-state index contributed by atoms with van der Waals surface area (Å²) in [5.74, 6) is -1.84. The third-order valence-corrected chi connectivity index (χ3v) is 8.15. The molecule has 0 bridgehead atoms. The first kappa shape index (κ1) is 28.1. The predicted molar refractivity (Wildman–Crippen MR) is 153 cm³/mol. The Labute approximate surface area is 238 Å². The van der Waals surface area contributed by atoms with Crippen molar-refractivity contribution in [1.29, 1.82) is 0 Å². The quantitative estimate of drug-likeness (QED) is 0.313. The number of piperidine rings is 2. The van der Waals surface area contributed by atoms with Gasteiger partial charge in [0.15, 0.2) is 0 Å². The summed E-state index contributed by atoms with van der Waals surface area (Å²) >= 11 is 0. The molecule has 2 aromatic carbocycles. The van der Waals surface area contributed by atoms with E-state index in [0.717, 1.165) is 27.3 Å². The van der Waals surface area contributed by atoms with Crippen molar-refractivity contribution in [3.05, 3.63) is 58.1 Å². The molecule has 2 aromatic rings. The van der Waals surface area contributed by atoms with Crippen molar-refractivity contribution >= 4 is 41.0 Å². The van der Waals surface area contributed by atoms with Gasteiger partial charge < -0.3 is 21.3 Å². The van der Waals surface area contributed by atoms with Crippen molar-refractivity contribution < 1.29 is 24.0 Å². The number of nitrogens with zero attached hydrogens (tertiary/aromatic N) is 2. The predicted octanol–water partition coefficient (Wildman–Crippen LogP) is 2.89. The molecule has 1 atom stereocenters. The molecule has 3 heterocycles. The SMILES string of the molecule is Cc1cc(CNC(=O)N2CCC(Nc3cccc4c3C(=O)N(C3CCC(=O)NC3=O)C4=O)CC2)cc(C(C)C)c1N. The van der Waals surface area contributed by atoms with Gasteiger partial charge in [0.1, 0.15) is 6.04 Å². The lowest BCUT2D eigenvalue weighted by atomic mass is 9.95. The molecule has 5 rings (SSSR count). The van der Waals surface area contributed by atoms with Crippen LogP contribution < -0.4 is 21.7 Å². The third-order valence-electron chi connectivity index (χ3n) is 8.15. The van der Waals surface area contributed by atoms with Gasteiger partial charge in [-0.2, -0.15) is 0 Å². The highest BCUT2D eigenvalue weighted by molar-refractivity contribution is 6.25. The van der Waals surface area contributed by atoms with E-state index in [0.29, 0.717) is 38.2 Å². The second-order valence-corrected chi connectivity index (χ2v) is 11.3. The zero-order valence-electron chi connectivity index (χ0n) is 23.6. The number of amides is 6. The zero-order valence-corrected chi connectivity index (χ0v) is 23.6. The van der Waals surface area contributed by atoms with Gasteiger partial charge in [0.2, 0.25) is 11.8 Å². The number of benzene rings is 2. The second-order valence-electron chi connectivity index (χ2n) is 11.3. The lowest BCUT2D eigenvalue weighted by Crippen LogP contribution is -2.54. The van der Waals surface area contributed by atoms with Crippen molar-refractivity contribution in [2.75, 3.05) is 24.1 Å². The van der Waals surface area contributed by atoms with Crippen LogP contribution in [0.15, 0.2) is 30.3 Å². The Balaban J connectivity index is 1.19. The van der Waals surface area contributed by atoms with Gasteiger partial charge in [0.25, 0.3) is 11.8 Å². The van der Waals surface area contributed by atoms with Gasteiger partial charge in [-0.15, -0.1) is 0 Å². The lowest BCUT2D eigenvalue weighted by molar-refractivity contribution is -0.136. The number of urea groups is 1. The second kappa shape index (κ2) is 11.2. The Morgan fingerprint density at radius 2 is 1.80 bits per heavy atom. The summed E-state index contributed by atoms with van der Waals surface area (Å²) in [4.78, 5) is 66.0. The molecule has 3 aliphatic heterocycles. The van der Waals surface area contributed by atoms with Gasteiger partial charge in [-0.1, -0.05) is 32.0 Å². The highest BCUT2D eigenvalue weighted by Gasteiger charge is 2.45. The van der Waals surface area contributed by atoms with E-state index in [2.05, 4.69) is 35.9 Å². The number of fused-ring (bicyclic) bond motifs is 1. The molecule has 1 unspecified atom stereocenters. The van der Waals surface area contributed by atoms with E-state index in [9.17, 15) is 24.0 Å². The molecule has 0 saturated carbocycles. The highest BCUT2D eigenvalue weighted by atomic mass is 16.2. The van der Waals surface area contributed by atoms with E-state index >= 15 is 0 Å². The van der Waals surface area contributed by atoms with Crippen LogP contribution >= 0.6 is 0 Å². The van der Waals surface area contributed by atoms with Crippen LogP contribution in [0, 0.1) is 6.92 Å². The number of imide groups is 2. The van der Waals surface area contributed by atoms with E-state index in [-0.39, 0.29) is 42.0 Å². The van der Waals surface area contributed by atoms with Crippen molar-refractivity contribution in [1.82, 2.24) is 20.4 Å². The Hall–Kier alpha value is -4.41. The molecule has 216 valence electrons. The van der Waals surface area contributed by atoms with E-state index in [1.807, 2.05) is 13.0 Å². The maximum Gasteiger partial charge on any atom is 0.317 e. The average molecular weight is 561 g/mol. The average Bonchev–Trinajstić information content (AvgIpc) is 3.19. The molecule has 0 aromatic heterocycles. The number of nitrogen functional groups attached to an aromatic ring is 1. The molecule has 11 nitrogen and oxygen atoms in total. The number of aryl methyl sites for hydroxylation is 1. The minimum Gasteiger partial charge on any atom is -0.398 e. The number of nitrogens with two attached hydrogens (primary N) is 1. The van der Waals surface area contributed by atoms with E-state index in [1.165, 1.54) is 0 Å². The molecular weight excluding hydrogens is 524 g/mol. The first-order chi connectivity index (χ1) is 19.5. The molecule has 0 radical (unpaired) electrons. The largest absolute Gasteiger partial charge is 0.398 e. The fourth-order valence-corrected chi connectivity index (χ4v) is 5.85. The van der Waals surface area contributed by atoms with Gasteiger partial charge in [-0.3, -0.25) is 29.4 Å². The molecule has 5 N–H and O–H groups in total. The fourth-order valence-electron chi connectivity index (χ4n) is 5.85. The van der Waals surface area contributed by atoms with Crippen LogP contribution in [0.2, 0.25) is 0 Å². The molecule has 2 fully saturated rings. The third kappa shape index (κ3) is 5.48. The highest BCUT2D eigenvalue weighted by Crippen LogP contribution is 2.33. The van der Waals surface area contributed by atoms with Crippen LogP contribution in [0.5, 0.6) is 0 Å². The van der Waals surface area contributed by atoms with E-state index < -0.39 is 29.7 Å². The van der Waals surface area contributed by atoms with Crippen molar-refractivity contribution in [2.45, 2.75) is 71.0 Å². The minimum absolute atomic E-state index is 0.00792. The van der Waals surface area contributed by atoms with Gasteiger partial charge in [0.05, 0.1) is 11.1 Å². The molecule has 0 aliphatic carbocycles. The number of carbonyl (C=O) groups is 5. The van der Waals surface area contributed by atoms with Crippen molar-refractivity contribution in [2.24, 2.45) is 0 Å². The smallest absolute Gasteiger partial charge is 0.317 e. The lowest BCUT2D eigenvalue weighted by Gasteiger charge is -2.33. The number of anilines is 2. The van der Waals surface area contributed by atoms with Crippen molar-refractivity contribution in [3.63, 3.8) is 0 Å². The van der Waals surface area contributed by atoms with Crippen LogP contribution in [0.4, 0.5) is 16.2 Å². The summed E-state index contributed by atoms with van der Waals surface area (Å²) in [7, 11) is 0. The van der Waals surface area contributed by atoms with E-state index in [4.69, 9.17) is 5.73 Å². The molecule has 41 heavy (non-hydrogen) atoms. The van der Waals surface area contributed by atoms with Gasteiger partial charge in [0, 0.05) is 43.5 Å². The summed E-state index contributed by atoms with van der Waals surface area (Å²) in [6, 6.07) is 7.93. The summed E-state index contributed by atoms with van der Waals surface area (Å²) < 4.78 is 0. The maximum atomic E-state index is 13.4. The minimum atomic E-state index is -1.01. The van der Waals surface area contributed by atoms with Crippen LogP contribution in [-0.4, -0.2) is 64.6 Å². The van der Waals surface area contributed by atoms with Crippen LogP contribution in [-0.2, 0) is 16.1 Å². The summed E-state index contributed by atoms with van der Waals surface area (Å²) in [5.41, 5.74) is 11.1. The fraction of sp³-hybridized carbons (Fsp3) is 0.433. The van der Waals surface area contributed by atoms with Gasteiger partial charge in [-0.05, 0) is 60.9 Å². The Kier molecular flexibility index (Phi) is 7.70. The molecule has 3 aliphatic rings. The number of carbonyl (C=O) groups excluding carboxylic acids is 5.